The second-order valence-corrected chi connectivity index (χ2v) is 5.51. The predicted molar refractivity (Wildman–Crippen MR) is 86.0 cm³/mol. The summed E-state index contributed by atoms with van der Waals surface area (Å²) in [6.45, 7) is 2.93. The van der Waals surface area contributed by atoms with E-state index < -0.39 is 40.9 Å². The predicted octanol–water partition coefficient (Wildman–Crippen LogP) is 0.943. The van der Waals surface area contributed by atoms with E-state index in [0.29, 0.717) is 4.74 Å². The molecule has 0 saturated carbocycles. The minimum Gasteiger partial charge on any atom is -0.462 e. The van der Waals surface area contributed by atoms with Crippen LogP contribution in [0.2, 0.25) is 0 Å². The van der Waals surface area contributed by atoms with Crippen LogP contribution in [0.15, 0.2) is 39.8 Å². The molecule has 1 aromatic carbocycles. The van der Waals surface area contributed by atoms with E-state index in [0.717, 1.165) is 11.1 Å². The number of rotatable bonds is 4. The van der Waals surface area contributed by atoms with Crippen molar-refractivity contribution in [2.45, 2.75) is 19.9 Å². The summed E-state index contributed by atoms with van der Waals surface area (Å²) in [6.07, 6.45) is 0.886. The molecule has 2 amide bonds. The Morgan fingerprint density at radius 1 is 1.12 bits per heavy atom. The summed E-state index contributed by atoms with van der Waals surface area (Å²) in [5.41, 5.74) is -1.11. The van der Waals surface area contributed by atoms with Crippen molar-refractivity contribution < 1.29 is 28.4 Å². The average molecular weight is 358 g/mol. The minimum atomic E-state index is -1.24. The lowest BCUT2D eigenvalue weighted by Gasteiger charge is -2.20. The van der Waals surface area contributed by atoms with Gasteiger partial charge >= 0.3 is 11.6 Å². The number of hydrogen-bond donors (Lipinski definition) is 0. The van der Waals surface area contributed by atoms with E-state index in [4.69, 9.17) is 9.26 Å². The van der Waals surface area contributed by atoms with Crippen LogP contribution in [0.25, 0.3) is 0 Å². The number of fused-ring (bicyclic) bond motifs is 1. The zero-order chi connectivity index (χ0) is 19.0. The van der Waals surface area contributed by atoms with Crippen molar-refractivity contribution in [3.05, 3.63) is 57.6 Å². The molecule has 0 spiro atoms. The number of nitrogens with zero attached hydrogens (tertiary/aromatic N) is 2. The summed E-state index contributed by atoms with van der Waals surface area (Å²) >= 11 is 0. The summed E-state index contributed by atoms with van der Waals surface area (Å²) in [4.78, 5) is 61.6. The van der Waals surface area contributed by atoms with Gasteiger partial charge in [0.05, 0.1) is 23.9 Å². The van der Waals surface area contributed by atoms with Gasteiger partial charge in [-0.3, -0.25) is 19.3 Å². The lowest BCUT2D eigenvalue weighted by Crippen LogP contribution is -2.44. The maximum absolute atomic E-state index is 12.6. The number of hydrogen-bond acceptors (Lipinski definition) is 7. The van der Waals surface area contributed by atoms with E-state index in [2.05, 4.69) is 0 Å². The van der Waals surface area contributed by atoms with Gasteiger partial charge < -0.3 is 9.26 Å². The Labute approximate surface area is 146 Å². The highest BCUT2D eigenvalue weighted by atomic mass is 16.5. The normalized spacial score (nSPS) is 14.3. The Kier molecular flexibility index (Phi) is 4.29. The highest BCUT2D eigenvalue weighted by Gasteiger charge is 2.41. The SMILES string of the molecule is CCOC(=O)c1cn(C(=O)C(C)N2C(=O)c3ccccc3C2=O)oc1=O. The number of amides is 2. The molecular formula is C17H14N2O7. The van der Waals surface area contributed by atoms with E-state index in [1.165, 1.54) is 19.1 Å². The van der Waals surface area contributed by atoms with Gasteiger partial charge in [-0.25, -0.2) is 9.59 Å². The van der Waals surface area contributed by atoms with Gasteiger partial charge in [-0.2, -0.15) is 0 Å². The second kappa shape index (κ2) is 6.43. The van der Waals surface area contributed by atoms with Gasteiger partial charge in [-0.1, -0.05) is 12.1 Å². The Hall–Kier alpha value is -3.49. The van der Waals surface area contributed by atoms with Crippen molar-refractivity contribution in [2.75, 3.05) is 6.61 Å². The molecule has 0 bridgehead atoms. The number of carbonyl (C=O) groups excluding carboxylic acids is 4. The van der Waals surface area contributed by atoms with Gasteiger partial charge in [-0.15, -0.1) is 4.74 Å². The molecule has 0 saturated heterocycles. The van der Waals surface area contributed by atoms with Crippen LogP contribution in [-0.4, -0.2) is 46.0 Å². The lowest BCUT2D eigenvalue weighted by molar-refractivity contribution is 0.0481. The number of esters is 1. The first-order chi connectivity index (χ1) is 12.4. The number of imide groups is 1. The molecule has 1 unspecified atom stereocenters. The van der Waals surface area contributed by atoms with Crippen molar-refractivity contribution in [1.29, 1.82) is 0 Å². The third-order valence-electron chi connectivity index (χ3n) is 3.93. The molecule has 0 fully saturated rings. The number of benzene rings is 1. The molecule has 26 heavy (non-hydrogen) atoms. The van der Waals surface area contributed by atoms with Crippen LogP contribution in [0.3, 0.4) is 0 Å². The molecule has 1 aliphatic heterocycles. The molecule has 0 N–H and O–H groups in total. The highest BCUT2D eigenvalue weighted by Crippen LogP contribution is 2.24. The summed E-state index contributed by atoms with van der Waals surface area (Å²) in [7, 11) is 0. The first kappa shape index (κ1) is 17.3. The molecule has 134 valence electrons. The summed E-state index contributed by atoms with van der Waals surface area (Å²) in [5.74, 6) is -3.02. The molecule has 2 heterocycles. The standard InChI is InChI=1S/C17H14N2O7/c1-3-25-16(23)12-8-18(26-17(12)24)13(20)9(2)19-14(21)10-6-4-5-7-11(10)15(19)22/h4-9H,3H2,1-2H3. The first-order valence-corrected chi connectivity index (χ1v) is 7.78. The van der Waals surface area contributed by atoms with Crippen LogP contribution in [0.5, 0.6) is 0 Å². The Morgan fingerprint density at radius 3 is 2.23 bits per heavy atom. The van der Waals surface area contributed by atoms with E-state index in [1.54, 1.807) is 19.1 Å². The minimum absolute atomic E-state index is 0.0445. The van der Waals surface area contributed by atoms with Crippen molar-refractivity contribution in [3.63, 3.8) is 0 Å². The van der Waals surface area contributed by atoms with E-state index in [1.807, 2.05) is 0 Å². The largest absolute Gasteiger partial charge is 0.462 e. The summed E-state index contributed by atoms with van der Waals surface area (Å²) in [5, 5.41) is 0. The zero-order valence-corrected chi connectivity index (χ0v) is 13.9. The Balaban J connectivity index is 1.89. The van der Waals surface area contributed by atoms with Crippen molar-refractivity contribution in [1.82, 2.24) is 9.64 Å². The molecule has 9 nitrogen and oxygen atoms in total. The number of carbonyl (C=O) groups is 4. The quantitative estimate of drug-likeness (QED) is 0.590. The van der Waals surface area contributed by atoms with Gasteiger partial charge in [0, 0.05) is 0 Å². The fraction of sp³-hybridized carbons (Fsp3) is 0.235. The van der Waals surface area contributed by atoms with E-state index in [9.17, 15) is 24.0 Å². The van der Waals surface area contributed by atoms with Crippen molar-refractivity contribution >= 4 is 23.7 Å². The van der Waals surface area contributed by atoms with Gasteiger partial charge in [0.1, 0.15) is 6.04 Å². The van der Waals surface area contributed by atoms with Crippen LogP contribution in [-0.2, 0) is 4.74 Å². The lowest BCUT2D eigenvalue weighted by atomic mass is 10.1. The smallest absolute Gasteiger partial charge is 0.372 e. The van der Waals surface area contributed by atoms with Crippen LogP contribution in [0.4, 0.5) is 0 Å². The second-order valence-electron chi connectivity index (χ2n) is 5.51. The molecule has 1 aromatic heterocycles. The fourth-order valence-electron chi connectivity index (χ4n) is 2.64. The van der Waals surface area contributed by atoms with Gasteiger partial charge in [0.2, 0.25) is 0 Å². The summed E-state index contributed by atoms with van der Waals surface area (Å²) < 4.78 is 9.96. The summed E-state index contributed by atoms with van der Waals surface area (Å²) in [6, 6.07) is 4.95. The van der Waals surface area contributed by atoms with Crippen molar-refractivity contribution in [3.8, 4) is 0 Å². The van der Waals surface area contributed by atoms with Crippen molar-refractivity contribution in [2.24, 2.45) is 0 Å². The molecule has 1 atom stereocenters. The maximum atomic E-state index is 12.6. The van der Waals surface area contributed by atoms with Crippen LogP contribution in [0, 0.1) is 0 Å². The molecule has 1 aliphatic rings. The molecule has 0 radical (unpaired) electrons. The fourth-order valence-corrected chi connectivity index (χ4v) is 2.64. The molecule has 9 heteroatoms. The first-order valence-electron chi connectivity index (χ1n) is 7.78. The molecular weight excluding hydrogens is 344 g/mol. The van der Waals surface area contributed by atoms with Gasteiger partial charge in [-0.05, 0) is 26.0 Å². The molecule has 2 aromatic rings. The topological polar surface area (TPSA) is 116 Å². The third kappa shape index (κ3) is 2.63. The van der Waals surface area contributed by atoms with Crippen LogP contribution >= 0.6 is 0 Å². The average Bonchev–Trinajstić information content (AvgIpc) is 3.13. The van der Waals surface area contributed by atoms with Crippen LogP contribution in [0.1, 0.15) is 49.7 Å². The molecule has 0 aliphatic carbocycles. The number of aromatic nitrogens is 1. The zero-order valence-electron chi connectivity index (χ0n) is 13.9. The van der Waals surface area contributed by atoms with Gasteiger partial charge in [0.15, 0.2) is 5.56 Å². The molecule has 3 rings (SSSR count). The van der Waals surface area contributed by atoms with Gasteiger partial charge in [0.25, 0.3) is 17.7 Å². The van der Waals surface area contributed by atoms with Crippen LogP contribution < -0.4 is 5.63 Å². The number of ether oxygens (including phenoxy) is 1. The third-order valence-corrected chi connectivity index (χ3v) is 3.93. The Morgan fingerprint density at radius 2 is 1.69 bits per heavy atom. The monoisotopic (exact) mass is 358 g/mol. The highest BCUT2D eigenvalue weighted by molar-refractivity contribution is 6.22. The van der Waals surface area contributed by atoms with E-state index in [-0.39, 0.29) is 17.7 Å². The van der Waals surface area contributed by atoms with E-state index >= 15 is 0 Å². The maximum Gasteiger partial charge on any atom is 0.372 e. The Bertz CT molecular complexity index is 950.